The van der Waals surface area contributed by atoms with Gasteiger partial charge in [-0.15, -0.1) is 12.4 Å². The molecule has 0 radical (unpaired) electrons. The smallest absolute Gasteiger partial charge is 0.242 e. The molecule has 1 saturated heterocycles. The largest absolute Gasteiger partial charge is 0.346 e. The average molecular weight is 340 g/mol. The van der Waals surface area contributed by atoms with Crippen molar-refractivity contribution in [3.05, 3.63) is 35.4 Å². The van der Waals surface area contributed by atoms with Crippen molar-refractivity contribution < 1.29 is 9.59 Å². The van der Waals surface area contributed by atoms with E-state index in [-0.39, 0.29) is 43.4 Å². The first-order valence-corrected chi connectivity index (χ1v) is 7.94. The fraction of sp³-hybridized carbons (Fsp3) is 0.529. The van der Waals surface area contributed by atoms with Gasteiger partial charge in [-0.25, -0.2) is 0 Å². The van der Waals surface area contributed by atoms with Gasteiger partial charge in [0, 0.05) is 6.54 Å². The Morgan fingerprint density at radius 3 is 2.78 bits per heavy atom. The Kier molecular flexibility index (Phi) is 8.06. The second-order valence-electron chi connectivity index (χ2n) is 5.85. The number of rotatable bonds is 4. The van der Waals surface area contributed by atoms with Gasteiger partial charge in [0.25, 0.3) is 0 Å². The SMILES string of the molecule is Cc1cccc(C2CCCCCN2C(=O)CNC(=O)CN)c1.Cl. The third-order valence-electron chi connectivity index (χ3n) is 4.12. The van der Waals surface area contributed by atoms with Crippen LogP contribution in [-0.2, 0) is 9.59 Å². The predicted molar refractivity (Wildman–Crippen MR) is 93.4 cm³/mol. The van der Waals surface area contributed by atoms with Crippen LogP contribution in [0.3, 0.4) is 0 Å². The molecule has 0 spiro atoms. The highest BCUT2D eigenvalue weighted by Gasteiger charge is 2.26. The summed E-state index contributed by atoms with van der Waals surface area (Å²) in [6.45, 7) is 2.75. The second-order valence-corrected chi connectivity index (χ2v) is 5.85. The molecule has 1 fully saturated rings. The first-order valence-electron chi connectivity index (χ1n) is 7.94. The number of nitrogens with two attached hydrogens (primary N) is 1. The number of nitrogens with zero attached hydrogens (tertiary/aromatic N) is 1. The van der Waals surface area contributed by atoms with Crippen LogP contribution >= 0.6 is 12.4 Å². The van der Waals surface area contributed by atoms with Gasteiger partial charge in [-0.1, -0.05) is 42.7 Å². The molecule has 1 unspecified atom stereocenters. The van der Waals surface area contributed by atoms with E-state index in [1.165, 1.54) is 11.1 Å². The number of carbonyl (C=O) groups is 2. The number of hydrogen-bond donors (Lipinski definition) is 2. The van der Waals surface area contributed by atoms with Crippen molar-refractivity contribution in [3.63, 3.8) is 0 Å². The zero-order valence-corrected chi connectivity index (χ0v) is 14.4. The zero-order valence-electron chi connectivity index (χ0n) is 13.6. The summed E-state index contributed by atoms with van der Waals surface area (Å²) in [4.78, 5) is 25.7. The number of likely N-dealkylation sites (tertiary alicyclic amines) is 1. The highest BCUT2D eigenvalue weighted by Crippen LogP contribution is 2.30. The van der Waals surface area contributed by atoms with Gasteiger partial charge in [0.05, 0.1) is 19.1 Å². The Bertz CT molecular complexity index is 536. The minimum atomic E-state index is -0.296. The summed E-state index contributed by atoms with van der Waals surface area (Å²) in [7, 11) is 0. The number of hydrogen-bond acceptors (Lipinski definition) is 3. The van der Waals surface area contributed by atoms with E-state index in [0.717, 1.165) is 32.2 Å². The number of aryl methyl sites for hydroxylation is 1. The van der Waals surface area contributed by atoms with Crippen LogP contribution in [0.1, 0.15) is 42.9 Å². The molecule has 0 bridgehead atoms. The second kappa shape index (κ2) is 9.53. The summed E-state index contributed by atoms with van der Waals surface area (Å²) in [5.41, 5.74) is 7.64. The monoisotopic (exact) mass is 339 g/mol. The summed E-state index contributed by atoms with van der Waals surface area (Å²) >= 11 is 0. The third-order valence-corrected chi connectivity index (χ3v) is 4.12. The molecule has 1 atom stereocenters. The van der Waals surface area contributed by atoms with Crippen LogP contribution < -0.4 is 11.1 Å². The molecule has 0 aromatic heterocycles. The van der Waals surface area contributed by atoms with Crippen molar-refractivity contribution in [1.82, 2.24) is 10.2 Å². The van der Waals surface area contributed by atoms with Gasteiger partial charge in [0.1, 0.15) is 0 Å². The molecule has 1 aliphatic rings. The third kappa shape index (κ3) is 5.52. The molecule has 2 amide bonds. The standard InChI is InChI=1S/C17H25N3O2.ClH/c1-13-6-5-7-14(10-13)15-8-3-2-4-9-20(15)17(22)12-19-16(21)11-18;/h5-7,10,15H,2-4,8-9,11-12,18H2,1H3,(H,19,21);1H. The molecule has 0 saturated carbocycles. The normalized spacial score (nSPS) is 17.8. The van der Waals surface area contributed by atoms with Gasteiger partial charge in [-0.05, 0) is 25.3 Å². The number of benzene rings is 1. The molecule has 1 aromatic carbocycles. The molecule has 2 rings (SSSR count). The van der Waals surface area contributed by atoms with E-state index < -0.39 is 0 Å². The molecule has 1 heterocycles. The van der Waals surface area contributed by atoms with Crippen molar-refractivity contribution >= 4 is 24.2 Å². The summed E-state index contributed by atoms with van der Waals surface area (Å²) in [6, 6.07) is 8.43. The maximum atomic E-state index is 12.5. The maximum absolute atomic E-state index is 12.5. The lowest BCUT2D eigenvalue weighted by Crippen LogP contribution is -2.43. The number of amides is 2. The lowest BCUT2D eigenvalue weighted by Gasteiger charge is -2.31. The minimum Gasteiger partial charge on any atom is -0.346 e. The zero-order chi connectivity index (χ0) is 15.9. The fourth-order valence-electron chi connectivity index (χ4n) is 2.98. The van der Waals surface area contributed by atoms with Gasteiger partial charge in [-0.2, -0.15) is 0 Å². The molecular weight excluding hydrogens is 314 g/mol. The maximum Gasteiger partial charge on any atom is 0.242 e. The van der Waals surface area contributed by atoms with Gasteiger partial charge >= 0.3 is 0 Å². The van der Waals surface area contributed by atoms with Crippen LogP contribution in [0.4, 0.5) is 0 Å². The van der Waals surface area contributed by atoms with E-state index in [9.17, 15) is 9.59 Å². The van der Waals surface area contributed by atoms with Crippen molar-refractivity contribution in [2.24, 2.45) is 5.73 Å². The van der Waals surface area contributed by atoms with Crippen LogP contribution in [0.2, 0.25) is 0 Å². The predicted octanol–water partition coefficient (Wildman–Crippen LogP) is 1.94. The van der Waals surface area contributed by atoms with E-state index in [1.807, 2.05) is 11.0 Å². The van der Waals surface area contributed by atoms with E-state index in [0.29, 0.717) is 0 Å². The summed E-state index contributed by atoms with van der Waals surface area (Å²) in [6.07, 6.45) is 4.25. The first-order chi connectivity index (χ1) is 10.6. The molecular formula is C17H26ClN3O2. The van der Waals surface area contributed by atoms with Gasteiger partial charge in [0.15, 0.2) is 0 Å². The van der Waals surface area contributed by atoms with Gasteiger partial charge < -0.3 is 16.0 Å². The Morgan fingerprint density at radius 2 is 2.09 bits per heavy atom. The van der Waals surface area contributed by atoms with E-state index in [4.69, 9.17) is 5.73 Å². The number of halogens is 1. The Hall–Kier alpha value is -1.59. The Morgan fingerprint density at radius 1 is 1.30 bits per heavy atom. The van der Waals surface area contributed by atoms with Crippen LogP contribution in [0.25, 0.3) is 0 Å². The lowest BCUT2D eigenvalue weighted by atomic mass is 9.99. The lowest BCUT2D eigenvalue weighted by molar-refractivity contribution is -0.134. The van der Waals surface area contributed by atoms with Crippen molar-refractivity contribution in [3.8, 4) is 0 Å². The van der Waals surface area contributed by atoms with Crippen molar-refractivity contribution in [1.29, 1.82) is 0 Å². The molecule has 6 heteroatoms. The van der Waals surface area contributed by atoms with E-state index in [1.54, 1.807) is 0 Å². The highest BCUT2D eigenvalue weighted by molar-refractivity contribution is 5.86. The number of nitrogens with one attached hydrogen (secondary N) is 1. The van der Waals surface area contributed by atoms with Crippen LogP contribution in [0.15, 0.2) is 24.3 Å². The topological polar surface area (TPSA) is 75.4 Å². The van der Waals surface area contributed by atoms with Crippen LogP contribution in [0.5, 0.6) is 0 Å². The molecule has 5 nitrogen and oxygen atoms in total. The fourth-order valence-corrected chi connectivity index (χ4v) is 2.98. The molecule has 1 aromatic rings. The minimum absolute atomic E-state index is 0. The Labute approximate surface area is 144 Å². The quantitative estimate of drug-likeness (QED) is 0.880. The van der Waals surface area contributed by atoms with Crippen molar-refractivity contribution in [2.45, 2.75) is 38.6 Å². The first kappa shape index (κ1) is 19.5. The summed E-state index contributed by atoms with van der Waals surface area (Å²) < 4.78 is 0. The van der Waals surface area contributed by atoms with E-state index >= 15 is 0 Å². The molecule has 128 valence electrons. The summed E-state index contributed by atoms with van der Waals surface area (Å²) in [5, 5.41) is 2.58. The summed E-state index contributed by atoms with van der Waals surface area (Å²) in [5.74, 6) is -0.328. The van der Waals surface area contributed by atoms with Gasteiger partial charge in [-0.3, -0.25) is 9.59 Å². The van der Waals surface area contributed by atoms with E-state index in [2.05, 4.69) is 30.4 Å². The average Bonchev–Trinajstić information content (AvgIpc) is 2.78. The van der Waals surface area contributed by atoms with Crippen LogP contribution in [0, 0.1) is 6.92 Å². The molecule has 3 N–H and O–H groups in total. The Balaban J connectivity index is 0.00000264. The molecule has 0 aliphatic carbocycles. The molecule has 1 aliphatic heterocycles. The highest BCUT2D eigenvalue weighted by atomic mass is 35.5. The van der Waals surface area contributed by atoms with Gasteiger partial charge in [0.2, 0.25) is 11.8 Å². The van der Waals surface area contributed by atoms with Crippen molar-refractivity contribution in [2.75, 3.05) is 19.6 Å². The molecule has 23 heavy (non-hydrogen) atoms. The number of carbonyl (C=O) groups excluding carboxylic acids is 2. The van der Waals surface area contributed by atoms with Crippen LogP contribution in [-0.4, -0.2) is 36.3 Å².